The molecule has 0 fully saturated rings. The number of hydrogen-bond donors (Lipinski definition) is 3. The molecule has 0 aliphatic rings. The Morgan fingerprint density at radius 3 is 2.28 bits per heavy atom. The number of aliphatic hydroxyl groups excluding tert-OH is 1. The molecule has 0 aromatic heterocycles. The Morgan fingerprint density at radius 2 is 1.75 bits per heavy atom. The molecule has 0 spiro atoms. The van der Waals surface area contributed by atoms with Crippen LogP contribution < -0.4 is 10.6 Å². The number of alkyl carbamates (subject to hydrolysis) is 1. The highest BCUT2D eigenvalue weighted by molar-refractivity contribution is 6.34. The first-order chi connectivity index (χ1) is 16.9. The van der Waals surface area contributed by atoms with Gasteiger partial charge in [-0.15, -0.1) is 0 Å². The molecule has 8 nitrogen and oxygen atoms in total. The number of aryl methyl sites for hydroxylation is 2. The molecule has 3 N–H and O–H groups in total. The van der Waals surface area contributed by atoms with E-state index in [9.17, 15) is 19.5 Å². The summed E-state index contributed by atoms with van der Waals surface area (Å²) < 4.78 is 5.26. The van der Waals surface area contributed by atoms with Gasteiger partial charge < -0.3 is 25.4 Å². The largest absolute Gasteiger partial charge is 0.444 e. The Bertz CT molecular complexity index is 1050. The van der Waals surface area contributed by atoms with E-state index in [1.165, 1.54) is 11.8 Å². The van der Waals surface area contributed by atoms with Crippen LogP contribution in [0.15, 0.2) is 42.5 Å². The predicted molar refractivity (Wildman–Crippen MR) is 141 cm³/mol. The van der Waals surface area contributed by atoms with Gasteiger partial charge in [0.05, 0.1) is 17.3 Å². The zero-order chi connectivity index (χ0) is 27.0. The lowest BCUT2D eigenvalue weighted by molar-refractivity contribution is -0.141. The molecule has 36 heavy (non-hydrogen) atoms. The van der Waals surface area contributed by atoms with Gasteiger partial charge in [0.2, 0.25) is 5.91 Å². The average molecular weight is 518 g/mol. The fourth-order valence-corrected chi connectivity index (χ4v) is 3.93. The minimum atomic E-state index is -1.09. The maximum Gasteiger partial charge on any atom is 0.408 e. The summed E-state index contributed by atoms with van der Waals surface area (Å²) in [5.74, 6) is -1.05. The van der Waals surface area contributed by atoms with Crippen LogP contribution in [-0.2, 0) is 20.7 Å². The zero-order valence-electron chi connectivity index (χ0n) is 21.7. The van der Waals surface area contributed by atoms with E-state index in [2.05, 4.69) is 10.6 Å². The summed E-state index contributed by atoms with van der Waals surface area (Å²) in [6, 6.07) is 10.5. The minimum absolute atomic E-state index is 0.131. The molecule has 0 heterocycles. The number of benzene rings is 2. The van der Waals surface area contributed by atoms with Gasteiger partial charge in [-0.3, -0.25) is 9.59 Å². The molecule has 2 aromatic carbocycles. The van der Waals surface area contributed by atoms with E-state index in [0.717, 1.165) is 17.5 Å². The number of ether oxygens (including phenoxy) is 1. The van der Waals surface area contributed by atoms with E-state index in [-0.39, 0.29) is 13.2 Å². The number of nitrogens with zero attached hydrogens (tertiary/aromatic N) is 1. The number of carbonyl (C=O) groups is 3. The van der Waals surface area contributed by atoms with Gasteiger partial charge in [-0.05, 0) is 63.8 Å². The molecule has 0 radical (unpaired) electrons. The van der Waals surface area contributed by atoms with E-state index in [0.29, 0.717) is 16.3 Å². The van der Waals surface area contributed by atoms with Gasteiger partial charge >= 0.3 is 6.09 Å². The summed E-state index contributed by atoms with van der Waals surface area (Å²) in [5.41, 5.74) is 2.08. The Hall–Kier alpha value is -3.10. The molecule has 2 unspecified atom stereocenters. The van der Waals surface area contributed by atoms with Crippen LogP contribution in [0.4, 0.5) is 10.5 Å². The molecule has 196 valence electrons. The van der Waals surface area contributed by atoms with Gasteiger partial charge in [0.15, 0.2) is 0 Å². The van der Waals surface area contributed by atoms with Crippen LogP contribution in [0, 0.1) is 6.92 Å². The number of amides is 3. The smallest absolute Gasteiger partial charge is 0.408 e. The van der Waals surface area contributed by atoms with Gasteiger partial charge in [0.1, 0.15) is 17.7 Å². The van der Waals surface area contributed by atoms with Crippen molar-refractivity contribution < 1.29 is 24.2 Å². The highest BCUT2D eigenvalue weighted by Gasteiger charge is 2.35. The average Bonchev–Trinajstić information content (AvgIpc) is 2.79. The second-order valence-electron chi connectivity index (χ2n) is 9.54. The number of rotatable bonds is 9. The zero-order valence-corrected chi connectivity index (χ0v) is 22.5. The van der Waals surface area contributed by atoms with Crippen molar-refractivity contribution >= 4 is 35.2 Å². The van der Waals surface area contributed by atoms with Crippen molar-refractivity contribution in [3.63, 3.8) is 0 Å². The number of anilines is 1. The molecular formula is C27H36ClN3O5. The third-order valence-corrected chi connectivity index (χ3v) is 5.78. The molecule has 0 saturated carbocycles. The van der Waals surface area contributed by atoms with Crippen LogP contribution in [0.1, 0.15) is 57.4 Å². The van der Waals surface area contributed by atoms with Gasteiger partial charge in [-0.2, -0.15) is 0 Å². The first-order valence-corrected chi connectivity index (χ1v) is 12.3. The van der Waals surface area contributed by atoms with Gasteiger partial charge in [-0.25, -0.2) is 4.79 Å². The second kappa shape index (κ2) is 12.7. The molecular weight excluding hydrogens is 482 g/mol. The first-order valence-electron chi connectivity index (χ1n) is 11.9. The molecule has 0 bridgehead atoms. The Morgan fingerprint density at radius 1 is 1.11 bits per heavy atom. The number of para-hydroxylation sites is 1. The highest BCUT2D eigenvalue weighted by atomic mass is 35.5. The number of aliphatic hydroxyl groups is 1. The van der Waals surface area contributed by atoms with Gasteiger partial charge in [0, 0.05) is 6.54 Å². The Balaban J connectivity index is 2.44. The summed E-state index contributed by atoms with van der Waals surface area (Å²) in [4.78, 5) is 40.7. The standard InChI is InChI=1S/C27H36ClN3O5/c1-7-19-11-13-20(14-12-19)23(24(33)30-22-17(2)9-8-10-21(22)28)31(15-16-32)25(34)18(3)29-26(35)36-27(4,5)6/h8-14,18,23,32H,7,15-16H2,1-6H3,(H,29,35)(H,30,33). The lowest BCUT2D eigenvalue weighted by Gasteiger charge is -2.33. The van der Waals surface area contributed by atoms with Crippen LogP contribution in [0.3, 0.4) is 0 Å². The number of halogens is 1. The van der Waals surface area contributed by atoms with Crippen molar-refractivity contribution in [3.05, 3.63) is 64.2 Å². The molecule has 0 aliphatic heterocycles. The predicted octanol–water partition coefficient (Wildman–Crippen LogP) is 4.62. The molecule has 2 aromatic rings. The molecule has 0 saturated heterocycles. The van der Waals surface area contributed by atoms with Crippen molar-refractivity contribution in [1.82, 2.24) is 10.2 Å². The number of nitrogens with one attached hydrogen (secondary N) is 2. The SMILES string of the molecule is CCc1ccc(C(C(=O)Nc2c(C)cccc2Cl)N(CCO)C(=O)C(C)NC(=O)OC(C)(C)C)cc1. The lowest BCUT2D eigenvalue weighted by atomic mass is 10.0. The van der Waals surface area contributed by atoms with Crippen molar-refractivity contribution in [3.8, 4) is 0 Å². The summed E-state index contributed by atoms with van der Waals surface area (Å²) in [7, 11) is 0. The summed E-state index contributed by atoms with van der Waals surface area (Å²) in [6.45, 7) is 9.97. The van der Waals surface area contributed by atoms with Crippen LogP contribution in [0.2, 0.25) is 5.02 Å². The Kier molecular flexibility index (Phi) is 10.3. The summed E-state index contributed by atoms with van der Waals surface area (Å²) >= 11 is 6.33. The van der Waals surface area contributed by atoms with Gasteiger partial charge in [-0.1, -0.05) is 54.9 Å². The monoisotopic (exact) mass is 517 g/mol. The van der Waals surface area contributed by atoms with E-state index in [4.69, 9.17) is 16.3 Å². The van der Waals surface area contributed by atoms with Gasteiger partial charge in [0.25, 0.3) is 5.91 Å². The van der Waals surface area contributed by atoms with Crippen molar-refractivity contribution in [1.29, 1.82) is 0 Å². The highest BCUT2D eigenvalue weighted by Crippen LogP contribution is 2.29. The first kappa shape index (κ1) is 29.1. The van der Waals surface area contributed by atoms with Crippen LogP contribution in [-0.4, -0.2) is 52.7 Å². The Labute approximate surface area is 218 Å². The van der Waals surface area contributed by atoms with Crippen LogP contribution in [0.5, 0.6) is 0 Å². The fourth-order valence-electron chi connectivity index (χ4n) is 3.66. The molecule has 9 heteroatoms. The van der Waals surface area contributed by atoms with Crippen molar-refractivity contribution in [2.24, 2.45) is 0 Å². The van der Waals surface area contributed by atoms with E-state index in [1.807, 2.05) is 32.0 Å². The van der Waals surface area contributed by atoms with Crippen LogP contribution >= 0.6 is 11.6 Å². The van der Waals surface area contributed by atoms with Crippen molar-refractivity contribution in [2.75, 3.05) is 18.5 Å². The fraction of sp³-hybridized carbons (Fsp3) is 0.444. The lowest BCUT2D eigenvalue weighted by Crippen LogP contribution is -2.52. The molecule has 2 rings (SSSR count). The third-order valence-electron chi connectivity index (χ3n) is 5.46. The second-order valence-corrected chi connectivity index (χ2v) is 9.95. The number of hydrogen-bond acceptors (Lipinski definition) is 5. The summed E-state index contributed by atoms with van der Waals surface area (Å²) in [6.07, 6.45) is 0.0545. The van der Waals surface area contributed by atoms with E-state index < -0.39 is 35.6 Å². The third kappa shape index (κ3) is 7.96. The normalized spacial score (nSPS) is 12.9. The van der Waals surface area contributed by atoms with E-state index >= 15 is 0 Å². The molecule has 2 atom stereocenters. The van der Waals surface area contributed by atoms with E-state index in [1.54, 1.807) is 45.0 Å². The molecule has 0 aliphatic carbocycles. The molecule has 3 amide bonds. The maximum atomic E-state index is 13.7. The topological polar surface area (TPSA) is 108 Å². The van der Waals surface area contributed by atoms with Crippen LogP contribution in [0.25, 0.3) is 0 Å². The maximum absolute atomic E-state index is 13.7. The number of carbonyl (C=O) groups excluding carboxylic acids is 3. The summed E-state index contributed by atoms with van der Waals surface area (Å²) in [5, 5.41) is 15.5. The minimum Gasteiger partial charge on any atom is -0.444 e. The van der Waals surface area contributed by atoms with Crippen molar-refractivity contribution in [2.45, 2.75) is 65.6 Å². The quantitative estimate of drug-likeness (QED) is 0.449.